The van der Waals surface area contributed by atoms with Crippen LogP contribution < -0.4 is 5.73 Å². The van der Waals surface area contributed by atoms with Crippen molar-refractivity contribution in [1.82, 2.24) is 19.5 Å². The van der Waals surface area contributed by atoms with Crippen LogP contribution >= 0.6 is 15.9 Å². The molecule has 0 radical (unpaired) electrons. The second-order valence-corrected chi connectivity index (χ2v) is 4.17. The van der Waals surface area contributed by atoms with Gasteiger partial charge in [-0.25, -0.2) is 15.0 Å². The number of hydrogen-bond acceptors (Lipinski definition) is 5. The van der Waals surface area contributed by atoms with Gasteiger partial charge in [0.2, 0.25) is 0 Å². The Labute approximate surface area is 105 Å². The molecule has 2 heterocycles. The summed E-state index contributed by atoms with van der Waals surface area (Å²) in [5, 5.41) is 8.59. The summed E-state index contributed by atoms with van der Waals surface area (Å²) in [6.07, 6.45) is 1.97. The summed E-state index contributed by atoms with van der Waals surface area (Å²) in [7, 11) is 0. The number of carboxylic acid groups (broad SMARTS) is 1. The minimum Gasteiger partial charge on any atom is -0.481 e. The third-order valence-electron chi connectivity index (χ3n) is 2.29. The van der Waals surface area contributed by atoms with Crippen LogP contribution in [0, 0.1) is 0 Å². The third kappa shape index (κ3) is 2.36. The van der Waals surface area contributed by atoms with Crippen molar-refractivity contribution in [2.45, 2.75) is 19.4 Å². The molecule has 0 aliphatic heterocycles. The number of carbonyl (C=O) groups is 1. The second kappa shape index (κ2) is 4.66. The molecule has 3 N–H and O–H groups in total. The lowest BCUT2D eigenvalue weighted by Crippen LogP contribution is -2.03. The Morgan fingerprint density at radius 1 is 1.53 bits per heavy atom. The summed E-state index contributed by atoms with van der Waals surface area (Å²) in [5.41, 5.74) is 6.80. The highest BCUT2D eigenvalue weighted by atomic mass is 79.9. The van der Waals surface area contributed by atoms with Crippen molar-refractivity contribution in [3.63, 3.8) is 0 Å². The Balaban J connectivity index is 2.30. The molecule has 0 amide bonds. The average Bonchev–Trinajstić information content (AvgIpc) is 2.57. The maximum absolute atomic E-state index is 10.4. The van der Waals surface area contributed by atoms with Crippen LogP contribution in [0.5, 0.6) is 0 Å². The maximum atomic E-state index is 10.4. The lowest BCUT2D eigenvalue weighted by atomic mass is 10.3. The van der Waals surface area contributed by atoms with Crippen LogP contribution in [0.15, 0.2) is 11.1 Å². The van der Waals surface area contributed by atoms with Crippen molar-refractivity contribution in [2.75, 3.05) is 5.73 Å². The Kier molecular flexibility index (Phi) is 3.23. The van der Waals surface area contributed by atoms with E-state index in [1.807, 2.05) is 0 Å². The molecular weight excluding hydrogens is 290 g/mol. The van der Waals surface area contributed by atoms with E-state index in [0.717, 1.165) is 0 Å². The van der Waals surface area contributed by atoms with E-state index in [-0.39, 0.29) is 6.42 Å². The van der Waals surface area contributed by atoms with E-state index >= 15 is 0 Å². The number of fused-ring (bicyclic) bond motifs is 1. The quantitative estimate of drug-likeness (QED) is 0.817. The second-order valence-electron chi connectivity index (χ2n) is 3.46. The Hall–Kier alpha value is -1.70. The smallest absolute Gasteiger partial charge is 0.303 e. The molecule has 8 heteroatoms. The van der Waals surface area contributed by atoms with Gasteiger partial charge in [0.05, 0.1) is 0 Å². The van der Waals surface area contributed by atoms with Crippen LogP contribution in [0.4, 0.5) is 5.82 Å². The Morgan fingerprint density at radius 3 is 3.00 bits per heavy atom. The number of imidazole rings is 1. The Bertz CT molecular complexity index is 568. The molecule has 90 valence electrons. The molecule has 7 nitrogen and oxygen atoms in total. The molecule has 0 unspecified atom stereocenters. The lowest BCUT2D eigenvalue weighted by Gasteiger charge is -2.03. The van der Waals surface area contributed by atoms with Crippen molar-refractivity contribution < 1.29 is 9.90 Å². The van der Waals surface area contributed by atoms with Crippen LogP contribution in [0.2, 0.25) is 0 Å². The van der Waals surface area contributed by atoms with E-state index in [9.17, 15) is 4.79 Å². The normalized spacial score (nSPS) is 10.9. The van der Waals surface area contributed by atoms with Gasteiger partial charge in [-0.15, -0.1) is 0 Å². The summed E-state index contributed by atoms with van der Waals surface area (Å²) < 4.78 is 2.35. The van der Waals surface area contributed by atoms with Gasteiger partial charge in [-0.1, -0.05) is 0 Å². The van der Waals surface area contributed by atoms with E-state index in [4.69, 9.17) is 10.8 Å². The molecule has 2 aromatic rings. The number of aliphatic carboxylic acids is 1. The fraction of sp³-hybridized carbons (Fsp3) is 0.333. The number of rotatable bonds is 4. The zero-order valence-electron chi connectivity index (χ0n) is 8.80. The number of aromatic nitrogens is 4. The highest BCUT2D eigenvalue weighted by Crippen LogP contribution is 2.21. The number of halogens is 1. The Morgan fingerprint density at radius 2 is 2.29 bits per heavy atom. The van der Waals surface area contributed by atoms with E-state index in [1.54, 1.807) is 4.57 Å². The minimum absolute atomic E-state index is 0.104. The number of carboxylic acids is 1. The molecule has 2 aromatic heterocycles. The van der Waals surface area contributed by atoms with Crippen LogP contribution in [0.1, 0.15) is 12.8 Å². The van der Waals surface area contributed by atoms with Gasteiger partial charge in [-0.2, -0.15) is 0 Å². The molecule has 0 fully saturated rings. The van der Waals surface area contributed by atoms with Gasteiger partial charge in [0, 0.05) is 13.0 Å². The number of aryl methyl sites for hydroxylation is 1. The molecular formula is C9H10BrN5O2. The molecule has 0 atom stereocenters. The average molecular weight is 300 g/mol. The summed E-state index contributed by atoms with van der Waals surface area (Å²) in [6.45, 7) is 0.514. The van der Waals surface area contributed by atoms with Crippen LogP contribution in [0.25, 0.3) is 11.2 Å². The monoisotopic (exact) mass is 299 g/mol. The van der Waals surface area contributed by atoms with Gasteiger partial charge in [0.25, 0.3) is 0 Å². The highest BCUT2D eigenvalue weighted by Gasteiger charge is 2.12. The SMILES string of the molecule is Nc1ncnc2c1nc(Br)n2CCCC(=O)O. The van der Waals surface area contributed by atoms with Crippen LogP contribution in [-0.4, -0.2) is 30.6 Å². The number of nitrogens with zero attached hydrogens (tertiary/aromatic N) is 4. The minimum atomic E-state index is -0.820. The molecule has 0 bridgehead atoms. The number of hydrogen-bond donors (Lipinski definition) is 2. The first-order chi connectivity index (χ1) is 8.09. The summed E-state index contributed by atoms with van der Waals surface area (Å²) >= 11 is 3.29. The fourth-order valence-corrected chi connectivity index (χ4v) is 2.04. The zero-order chi connectivity index (χ0) is 12.4. The van der Waals surface area contributed by atoms with Gasteiger partial charge in [-0.05, 0) is 22.4 Å². The zero-order valence-corrected chi connectivity index (χ0v) is 10.4. The third-order valence-corrected chi connectivity index (χ3v) is 2.89. The van der Waals surface area contributed by atoms with E-state index < -0.39 is 5.97 Å². The van der Waals surface area contributed by atoms with Crippen molar-refractivity contribution in [2.24, 2.45) is 0 Å². The van der Waals surface area contributed by atoms with Gasteiger partial charge in [0.15, 0.2) is 21.7 Å². The van der Waals surface area contributed by atoms with E-state index in [2.05, 4.69) is 30.9 Å². The molecule has 17 heavy (non-hydrogen) atoms. The van der Waals surface area contributed by atoms with Crippen molar-refractivity contribution in [1.29, 1.82) is 0 Å². The van der Waals surface area contributed by atoms with E-state index in [0.29, 0.717) is 34.7 Å². The summed E-state index contributed by atoms with van der Waals surface area (Å²) in [4.78, 5) is 22.6. The molecule has 0 saturated carbocycles. The largest absolute Gasteiger partial charge is 0.481 e. The fourth-order valence-electron chi connectivity index (χ4n) is 1.51. The topological polar surface area (TPSA) is 107 Å². The summed E-state index contributed by atoms with van der Waals surface area (Å²) in [5.74, 6) is -0.507. The van der Waals surface area contributed by atoms with Crippen molar-refractivity contribution in [3.8, 4) is 0 Å². The first-order valence-corrected chi connectivity index (χ1v) is 5.73. The molecule has 0 aliphatic carbocycles. The standard InChI is InChI=1S/C9H10BrN5O2/c10-9-14-6-7(11)12-4-13-8(6)15(9)3-1-2-5(16)17/h4H,1-3H2,(H,16,17)(H2,11,12,13). The number of nitrogen functional groups attached to an aromatic ring is 1. The lowest BCUT2D eigenvalue weighted by molar-refractivity contribution is -0.137. The molecule has 0 saturated heterocycles. The first-order valence-electron chi connectivity index (χ1n) is 4.93. The number of nitrogens with two attached hydrogens (primary N) is 1. The molecule has 2 rings (SSSR count). The summed E-state index contributed by atoms with van der Waals surface area (Å²) in [6, 6.07) is 0. The number of anilines is 1. The van der Waals surface area contributed by atoms with Gasteiger partial charge in [0.1, 0.15) is 6.33 Å². The van der Waals surface area contributed by atoms with Crippen LogP contribution in [0.3, 0.4) is 0 Å². The molecule has 0 spiro atoms. The van der Waals surface area contributed by atoms with Gasteiger partial charge in [-0.3, -0.25) is 4.79 Å². The van der Waals surface area contributed by atoms with Gasteiger partial charge < -0.3 is 15.4 Å². The highest BCUT2D eigenvalue weighted by molar-refractivity contribution is 9.10. The van der Waals surface area contributed by atoms with Crippen molar-refractivity contribution >= 4 is 38.9 Å². The van der Waals surface area contributed by atoms with Crippen LogP contribution in [-0.2, 0) is 11.3 Å². The molecule has 0 aliphatic rings. The van der Waals surface area contributed by atoms with E-state index in [1.165, 1.54) is 6.33 Å². The maximum Gasteiger partial charge on any atom is 0.303 e. The molecule has 0 aromatic carbocycles. The van der Waals surface area contributed by atoms with Gasteiger partial charge >= 0.3 is 5.97 Å². The van der Waals surface area contributed by atoms with Crippen molar-refractivity contribution in [3.05, 3.63) is 11.1 Å². The predicted molar refractivity (Wildman–Crippen MR) is 64.3 cm³/mol. The first kappa shape index (κ1) is 11.8. The predicted octanol–water partition coefficient (Wildman–Crippen LogP) is 1.04.